The lowest BCUT2D eigenvalue weighted by atomic mass is 10.2. The molecule has 7 heteroatoms. The lowest BCUT2D eigenvalue weighted by Gasteiger charge is -2.05. The molecule has 0 aliphatic rings. The highest BCUT2D eigenvalue weighted by Crippen LogP contribution is 2.37. The molecule has 2 heterocycles. The number of nitrogens with zero attached hydrogens (tertiary/aromatic N) is 2. The van der Waals surface area contributed by atoms with Gasteiger partial charge in [0.15, 0.2) is 0 Å². The van der Waals surface area contributed by atoms with Gasteiger partial charge in [-0.3, -0.25) is 4.79 Å². The number of hydrogen-bond donors (Lipinski definition) is 1. The van der Waals surface area contributed by atoms with Crippen LogP contribution in [-0.2, 0) is 6.54 Å². The monoisotopic (exact) mass is 353 g/mol. The minimum absolute atomic E-state index is 0.239. The van der Waals surface area contributed by atoms with Gasteiger partial charge in [-0.2, -0.15) is 5.10 Å². The third-order valence-corrected chi connectivity index (χ3v) is 5.13. The van der Waals surface area contributed by atoms with Crippen LogP contribution in [0, 0.1) is 6.92 Å². The molecule has 0 aliphatic heterocycles. The van der Waals surface area contributed by atoms with Crippen molar-refractivity contribution in [2.24, 2.45) is 0 Å². The second-order valence-corrected chi connectivity index (χ2v) is 6.69. The number of nitrogens with one attached hydrogen (secondary N) is 1. The second-order valence-electron chi connectivity index (χ2n) is 4.83. The fourth-order valence-electron chi connectivity index (χ4n) is 2.25. The number of thiophene rings is 1. The summed E-state index contributed by atoms with van der Waals surface area (Å²) in [6.45, 7) is 4.53. The van der Waals surface area contributed by atoms with E-state index in [9.17, 15) is 4.79 Å². The Morgan fingerprint density at radius 1 is 1.36 bits per heavy atom. The Labute approximate surface area is 141 Å². The Kier molecular flexibility index (Phi) is 4.12. The molecular weight excluding hydrogens is 341 g/mol. The molecule has 1 aromatic carbocycles. The molecule has 2 aromatic heterocycles. The molecule has 0 aliphatic carbocycles. The van der Waals surface area contributed by atoms with Gasteiger partial charge in [-0.1, -0.05) is 29.3 Å². The number of halogens is 2. The largest absolute Gasteiger partial charge is 0.306 e. The average molecular weight is 354 g/mol. The minimum atomic E-state index is -0.239. The molecular formula is C15H13Cl2N3OS. The van der Waals surface area contributed by atoms with Crippen molar-refractivity contribution < 1.29 is 4.79 Å². The van der Waals surface area contributed by atoms with Crippen molar-refractivity contribution in [2.75, 3.05) is 5.32 Å². The van der Waals surface area contributed by atoms with Gasteiger partial charge in [-0.25, -0.2) is 4.68 Å². The fraction of sp³-hybridized carbons (Fsp3) is 0.200. The third kappa shape index (κ3) is 2.72. The van der Waals surface area contributed by atoms with Crippen molar-refractivity contribution in [3.8, 4) is 0 Å². The molecule has 3 aromatic rings. The van der Waals surface area contributed by atoms with E-state index in [4.69, 9.17) is 23.2 Å². The predicted octanol–water partition coefficient (Wildman–Crippen LogP) is 4.99. The van der Waals surface area contributed by atoms with Crippen LogP contribution in [-0.4, -0.2) is 15.7 Å². The topological polar surface area (TPSA) is 46.9 Å². The van der Waals surface area contributed by atoms with Crippen molar-refractivity contribution in [1.29, 1.82) is 0 Å². The van der Waals surface area contributed by atoms with Gasteiger partial charge in [0.2, 0.25) is 0 Å². The first-order valence-corrected chi connectivity index (χ1v) is 8.30. The average Bonchev–Trinajstić information content (AvgIpc) is 2.99. The van der Waals surface area contributed by atoms with E-state index in [-0.39, 0.29) is 5.91 Å². The number of amides is 1. The van der Waals surface area contributed by atoms with Gasteiger partial charge in [-0.05, 0) is 26.0 Å². The van der Waals surface area contributed by atoms with Gasteiger partial charge in [-0.15, -0.1) is 11.3 Å². The van der Waals surface area contributed by atoms with Gasteiger partial charge in [0, 0.05) is 27.7 Å². The zero-order chi connectivity index (χ0) is 15.9. The normalized spacial score (nSPS) is 11.1. The third-order valence-electron chi connectivity index (χ3n) is 3.24. The Hall–Kier alpha value is -1.56. The van der Waals surface area contributed by atoms with E-state index in [1.165, 1.54) is 11.3 Å². The summed E-state index contributed by atoms with van der Waals surface area (Å²) in [6.07, 6.45) is 0. The van der Waals surface area contributed by atoms with Crippen molar-refractivity contribution >= 4 is 56.3 Å². The Morgan fingerprint density at radius 3 is 2.86 bits per heavy atom. The first-order valence-electron chi connectivity index (χ1n) is 6.73. The molecule has 0 saturated carbocycles. The van der Waals surface area contributed by atoms with Crippen LogP contribution in [0.3, 0.4) is 0 Å². The Balaban J connectivity index is 1.96. The number of benzene rings is 1. The number of aromatic nitrogens is 2. The van der Waals surface area contributed by atoms with Crippen LogP contribution >= 0.6 is 34.5 Å². The van der Waals surface area contributed by atoms with E-state index in [1.807, 2.05) is 32.0 Å². The van der Waals surface area contributed by atoms with Gasteiger partial charge in [0.05, 0.1) is 10.7 Å². The van der Waals surface area contributed by atoms with Crippen LogP contribution in [0.15, 0.2) is 24.3 Å². The van der Waals surface area contributed by atoms with Crippen LogP contribution in [0.2, 0.25) is 10.0 Å². The number of rotatable bonds is 3. The zero-order valence-electron chi connectivity index (χ0n) is 12.0. The first-order chi connectivity index (χ1) is 10.5. The minimum Gasteiger partial charge on any atom is -0.306 e. The van der Waals surface area contributed by atoms with Crippen molar-refractivity contribution in [2.45, 2.75) is 20.4 Å². The summed E-state index contributed by atoms with van der Waals surface area (Å²) in [5, 5.41) is 9.09. The summed E-state index contributed by atoms with van der Waals surface area (Å²) in [6, 6.07) is 7.23. The van der Waals surface area contributed by atoms with Crippen LogP contribution in [0.25, 0.3) is 10.1 Å². The maximum absolute atomic E-state index is 12.5. The van der Waals surface area contributed by atoms with Gasteiger partial charge in [0.25, 0.3) is 5.91 Å². The van der Waals surface area contributed by atoms with E-state index < -0.39 is 0 Å². The SMILES string of the molecule is CCn1nc(C)cc1NC(=O)c1sc2cc(Cl)ccc2c1Cl. The van der Waals surface area contributed by atoms with E-state index >= 15 is 0 Å². The molecule has 0 unspecified atom stereocenters. The quantitative estimate of drug-likeness (QED) is 0.721. The van der Waals surface area contributed by atoms with Crippen LogP contribution in [0.1, 0.15) is 22.3 Å². The molecule has 0 fully saturated rings. The molecule has 4 nitrogen and oxygen atoms in total. The molecule has 22 heavy (non-hydrogen) atoms. The van der Waals surface area contributed by atoms with E-state index in [0.29, 0.717) is 27.3 Å². The number of anilines is 1. The summed E-state index contributed by atoms with van der Waals surface area (Å²) in [5.41, 5.74) is 0.853. The maximum Gasteiger partial charge on any atom is 0.268 e. The molecule has 0 bridgehead atoms. The standard InChI is InChI=1S/C15H13Cl2N3OS/c1-3-20-12(6-8(2)19-20)18-15(21)14-13(17)10-5-4-9(16)7-11(10)22-14/h4-7H,3H2,1-2H3,(H,18,21). The zero-order valence-corrected chi connectivity index (χ0v) is 14.3. The molecule has 1 amide bonds. The summed E-state index contributed by atoms with van der Waals surface area (Å²) in [4.78, 5) is 13.0. The van der Waals surface area contributed by atoms with Crippen LogP contribution in [0.5, 0.6) is 0 Å². The molecule has 3 rings (SSSR count). The summed E-state index contributed by atoms with van der Waals surface area (Å²) < 4.78 is 2.63. The molecule has 114 valence electrons. The van der Waals surface area contributed by atoms with E-state index in [2.05, 4.69) is 10.4 Å². The van der Waals surface area contributed by atoms with Gasteiger partial charge in [0.1, 0.15) is 10.7 Å². The second kappa shape index (κ2) is 5.91. The maximum atomic E-state index is 12.5. The van der Waals surface area contributed by atoms with Crippen molar-refractivity contribution in [1.82, 2.24) is 9.78 Å². The molecule has 0 radical (unpaired) electrons. The molecule has 0 spiro atoms. The fourth-order valence-corrected chi connectivity index (χ4v) is 3.93. The number of fused-ring (bicyclic) bond motifs is 1. The summed E-state index contributed by atoms with van der Waals surface area (Å²) in [5.74, 6) is 0.425. The van der Waals surface area contributed by atoms with Crippen LogP contribution in [0.4, 0.5) is 5.82 Å². The van der Waals surface area contributed by atoms with Crippen molar-refractivity contribution in [3.05, 3.63) is 44.9 Å². The highest BCUT2D eigenvalue weighted by Gasteiger charge is 2.18. The van der Waals surface area contributed by atoms with Gasteiger partial charge < -0.3 is 5.32 Å². The number of carbonyl (C=O) groups excluding carboxylic acids is 1. The van der Waals surface area contributed by atoms with E-state index in [0.717, 1.165) is 15.8 Å². The molecule has 1 N–H and O–H groups in total. The lowest BCUT2D eigenvalue weighted by molar-refractivity contribution is 0.102. The summed E-state index contributed by atoms with van der Waals surface area (Å²) >= 11 is 13.6. The molecule has 0 atom stereocenters. The number of carbonyl (C=O) groups is 1. The highest BCUT2D eigenvalue weighted by molar-refractivity contribution is 7.21. The smallest absolute Gasteiger partial charge is 0.268 e. The lowest BCUT2D eigenvalue weighted by Crippen LogP contribution is -2.14. The Morgan fingerprint density at radius 2 is 2.14 bits per heavy atom. The summed E-state index contributed by atoms with van der Waals surface area (Å²) in [7, 11) is 0. The molecule has 0 saturated heterocycles. The Bertz CT molecular complexity index is 869. The van der Waals surface area contributed by atoms with Crippen molar-refractivity contribution in [3.63, 3.8) is 0 Å². The number of aryl methyl sites for hydroxylation is 2. The number of hydrogen-bond acceptors (Lipinski definition) is 3. The van der Waals surface area contributed by atoms with Gasteiger partial charge >= 0.3 is 0 Å². The highest BCUT2D eigenvalue weighted by atomic mass is 35.5. The van der Waals surface area contributed by atoms with Crippen LogP contribution < -0.4 is 5.32 Å². The van der Waals surface area contributed by atoms with E-state index in [1.54, 1.807) is 10.7 Å². The predicted molar refractivity (Wildman–Crippen MR) is 92.4 cm³/mol. The first kappa shape index (κ1) is 15.3.